The number of amides is 1. The Labute approximate surface area is 155 Å². The molecule has 1 aromatic carbocycles. The van der Waals surface area contributed by atoms with Crippen molar-refractivity contribution in [2.75, 3.05) is 19.7 Å². The number of likely N-dealkylation sites (tertiary alicyclic amines) is 1. The normalized spacial score (nSPS) is 18.2. The van der Waals surface area contributed by atoms with Gasteiger partial charge in [0.2, 0.25) is 0 Å². The highest BCUT2D eigenvalue weighted by atomic mass is 35.5. The highest BCUT2D eigenvalue weighted by Crippen LogP contribution is 2.27. The standard InChI is InChI=1S/C19H29ClN2O3/c1-5-24-17-9-8-15(20)11-14(17)13-22-10-6-7-16(22)12-21-18(23)25-19(2,3)4/h8-9,11,16H,5-7,10,12-13H2,1-4H3,(H,21,23)/t16-/m1/s1. The van der Waals surface area contributed by atoms with E-state index in [2.05, 4.69) is 10.2 Å². The third-order valence-corrected chi connectivity index (χ3v) is 4.31. The van der Waals surface area contributed by atoms with Crippen LogP contribution in [0.15, 0.2) is 18.2 Å². The quantitative estimate of drug-likeness (QED) is 0.816. The molecule has 1 heterocycles. The Morgan fingerprint density at radius 3 is 2.84 bits per heavy atom. The van der Waals surface area contributed by atoms with Gasteiger partial charge < -0.3 is 14.8 Å². The van der Waals surface area contributed by atoms with Gasteiger partial charge in [-0.25, -0.2) is 4.79 Å². The Morgan fingerprint density at radius 2 is 2.16 bits per heavy atom. The summed E-state index contributed by atoms with van der Waals surface area (Å²) in [6, 6.07) is 6.02. The Morgan fingerprint density at radius 1 is 1.40 bits per heavy atom. The van der Waals surface area contributed by atoms with Crippen molar-refractivity contribution in [1.29, 1.82) is 0 Å². The van der Waals surface area contributed by atoms with Gasteiger partial charge in [-0.05, 0) is 65.3 Å². The zero-order valence-corrected chi connectivity index (χ0v) is 16.4. The van der Waals surface area contributed by atoms with Crippen LogP contribution in [0, 0.1) is 0 Å². The highest BCUT2D eigenvalue weighted by Gasteiger charge is 2.26. The zero-order chi connectivity index (χ0) is 18.4. The van der Waals surface area contributed by atoms with Crippen LogP contribution in [0.4, 0.5) is 4.79 Å². The van der Waals surface area contributed by atoms with E-state index in [1.807, 2.05) is 45.9 Å². The van der Waals surface area contributed by atoms with Crippen molar-refractivity contribution in [3.05, 3.63) is 28.8 Å². The molecule has 1 saturated heterocycles. The molecule has 6 heteroatoms. The lowest BCUT2D eigenvalue weighted by molar-refractivity contribution is 0.0512. The number of hydrogen-bond acceptors (Lipinski definition) is 4. The van der Waals surface area contributed by atoms with Gasteiger partial charge in [-0.1, -0.05) is 11.6 Å². The number of ether oxygens (including phenoxy) is 2. The van der Waals surface area contributed by atoms with Crippen molar-refractivity contribution in [3.8, 4) is 5.75 Å². The summed E-state index contributed by atoms with van der Waals surface area (Å²) >= 11 is 6.16. The van der Waals surface area contributed by atoms with Crippen molar-refractivity contribution in [2.24, 2.45) is 0 Å². The average Bonchev–Trinajstić information content (AvgIpc) is 2.93. The lowest BCUT2D eigenvalue weighted by Gasteiger charge is -2.26. The number of nitrogens with zero attached hydrogens (tertiary/aromatic N) is 1. The first-order chi connectivity index (χ1) is 11.8. The number of hydrogen-bond donors (Lipinski definition) is 1. The van der Waals surface area contributed by atoms with Crippen LogP contribution >= 0.6 is 11.6 Å². The molecule has 0 aliphatic carbocycles. The summed E-state index contributed by atoms with van der Waals surface area (Å²) in [6.07, 6.45) is 1.81. The van der Waals surface area contributed by atoms with Gasteiger partial charge in [0.15, 0.2) is 0 Å². The minimum absolute atomic E-state index is 0.293. The van der Waals surface area contributed by atoms with Gasteiger partial charge in [0, 0.05) is 29.7 Å². The van der Waals surface area contributed by atoms with Gasteiger partial charge in [0.1, 0.15) is 11.4 Å². The van der Waals surface area contributed by atoms with Crippen molar-refractivity contribution in [2.45, 2.75) is 58.7 Å². The van der Waals surface area contributed by atoms with Crippen LogP contribution in [0.3, 0.4) is 0 Å². The van der Waals surface area contributed by atoms with Crippen molar-refractivity contribution in [1.82, 2.24) is 10.2 Å². The Kier molecular flexibility index (Phi) is 6.96. The minimum Gasteiger partial charge on any atom is -0.494 e. The van der Waals surface area contributed by atoms with Crippen LogP contribution in [0.5, 0.6) is 5.75 Å². The monoisotopic (exact) mass is 368 g/mol. The number of benzene rings is 1. The number of halogens is 1. The smallest absolute Gasteiger partial charge is 0.407 e. The maximum atomic E-state index is 11.9. The second-order valence-corrected chi connectivity index (χ2v) is 7.77. The van der Waals surface area contributed by atoms with E-state index < -0.39 is 5.60 Å². The summed E-state index contributed by atoms with van der Waals surface area (Å²) in [4.78, 5) is 14.2. The van der Waals surface area contributed by atoms with Crippen LogP contribution in [0.2, 0.25) is 5.02 Å². The summed E-state index contributed by atoms with van der Waals surface area (Å²) in [7, 11) is 0. The van der Waals surface area contributed by atoms with Crippen LogP contribution in [-0.2, 0) is 11.3 Å². The predicted molar refractivity (Wildman–Crippen MR) is 100 cm³/mol. The fraction of sp³-hybridized carbons (Fsp3) is 0.632. The molecule has 25 heavy (non-hydrogen) atoms. The van der Waals surface area contributed by atoms with Crippen molar-refractivity contribution >= 4 is 17.7 Å². The Balaban J connectivity index is 1.95. The third kappa shape index (κ3) is 6.40. The van der Waals surface area contributed by atoms with Gasteiger partial charge >= 0.3 is 6.09 Å². The summed E-state index contributed by atoms with van der Waals surface area (Å²) in [5.74, 6) is 0.873. The van der Waals surface area contributed by atoms with E-state index in [9.17, 15) is 4.79 Å². The SMILES string of the molecule is CCOc1ccc(Cl)cc1CN1CCC[C@@H]1CNC(=O)OC(C)(C)C. The molecule has 1 fully saturated rings. The molecule has 1 amide bonds. The molecule has 5 nitrogen and oxygen atoms in total. The fourth-order valence-corrected chi connectivity index (χ4v) is 3.23. The van der Waals surface area contributed by atoms with Gasteiger partial charge in [-0.3, -0.25) is 4.90 Å². The topological polar surface area (TPSA) is 50.8 Å². The maximum absolute atomic E-state index is 11.9. The summed E-state index contributed by atoms with van der Waals surface area (Å²) in [5, 5.41) is 3.60. The summed E-state index contributed by atoms with van der Waals surface area (Å²) in [5.41, 5.74) is 0.602. The van der Waals surface area contributed by atoms with Crippen LogP contribution in [0.1, 0.15) is 46.1 Å². The molecule has 1 atom stereocenters. The van der Waals surface area contributed by atoms with Gasteiger partial charge in [0.05, 0.1) is 6.61 Å². The molecule has 2 rings (SSSR count). The first-order valence-corrected chi connectivity index (χ1v) is 9.28. The molecule has 0 radical (unpaired) electrons. The molecule has 140 valence electrons. The first kappa shape index (κ1) is 19.9. The fourth-order valence-electron chi connectivity index (χ4n) is 3.04. The van der Waals surface area contributed by atoms with E-state index in [1.165, 1.54) is 0 Å². The lowest BCUT2D eigenvalue weighted by Crippen LogP contribution is -2.41. The largest absolute Gasteiger partial charge is 0.494 e. The second kappa shape index (κ2) is 8.77. The summed E-state index contributed by atoms with van der Waals surface area (Å²) in [6.45, 7) is 10.5. The number of rotatable bonds is 6. The van der Waals surface area contributed by atoms with Gasteiger partial charge in [-0.2, -0.15) is 0 Å². The molecule has 0 spiro atoms. The molecule has 0 aromatic heterocycles. The first-order valence-electron chi connectivity index (χ1n) is 8.90. The summed E-state index contributed by atoms with van der Waals surface area (Å²) < 4.78 is 11.0. The zero-order valence-electron chi connectivity index (χ0n) is 15.6. The molecule has 0 unspecified atom stereocenters. The molecular weight excluding hydrogens is 340 g/mol. The van der Waals surface area contributed by atoms with Gasteiger partial charge in [0.25, 0.3) is 0 Å². The number of nitrogens with one attached hydrogen (secondary N) is 1. The molecule has 1 aromatic rings. The van der Waals surface area contributed by atoms with E-state index >= 15 is 0 Å². The van der Waals surface area contributed by atoms with E-state index in [1.54, 1.807) is 0 Å². The molecule has 1 aliphatic rings. The molecule has 0 bridgehead atoms. The van der Waals surface area contributed by atoms with E-state index in [-0.39, 0.29) is 6.09 Å². The predicted octanol–water partition coefficient (Wildman–Crippen LogP) is 4.23. The molecular formula is C19H29ClN2O3. The Bertz CT molecular complexity index is 587. The second-order valence-electron chi connectivity index (χ2n) is 7.33. The van der Waals surface area contributed by atoms with E-state index in [0.29, 0.717) is 24.2 Å². The molecule has 1 aliphatic heterocycles. The van der Waals surface area contributed by atoms with E-state index in [4.69, 9.17) is 21.1 Å². The minimum atomic E-state index is -0.480. The molecule has 0 saturated carbocycles. The molecule has 1 N–H and O–H groups in total. The van der Waals surface area contributed by atoms with E-state index in [0.717, 1.165) is 37.2 Å². The van der Waals surface area contributed by atoms with Crippen LogP contribution < -0.4 is 10.1 Å². The Hall–Kier alpha value is -1.46. The highest BCUT2D eigenvalue weighted by molar-refractivity contribution is 6.30. The number of carbonyl (C=O) groups is 1. The van der Waals surface area contributed by atoms with Crippen molar-refractivity contribution in [3.63, 3.8) is 0 Å². The van der Waals surface area contributed by atoms with Crippen molar-refractivity contribution < 1.29 is 14.3 Å². The third-order valence-electron chi connectivity index (χ3n) is 4.08. The maximum Gasteiger partial charge on any atom is 0.407 e. The number of carbonyl (C=O) groups excluding carboxylic acids is 1. The van der Waals surface area contributed by atoms with Crippen LogP contribution in [-0.4, -0.2) is 42.3 Å². The lowest BCUT2D eigenvalue weighted by atomic mass is 10.1. The van der Waals surface area contributed by atoms with Gasteiger partial charge in [-0.15, -0.1) is 0 Å². The average molecular weight is 369 g/mol. The van der Waals surface area contributed by atoms with Crippen LogP contribution in [0.25, 0.3) is 0 Å². The number of alkyl carbamates (subject to hydrolysis) is 1.